The van der Waals surface area contributed by atoms with Gasteiger partial charge in [0.05, 0.1) is 5.56 Å². The average Bonchev–Trinajstić information content (AvgIpc) is 2.48. The lowest BCUT2D eigenvalue weighted by molar-refractivity contribution is -0.125. The summed E-state index contributed by atoms with van der Waals surface area (Å²) in [6, 6.07) is 5.68. The first-order chi connectivity index (χ1) is 10.1. The second-order valence-electron chi connectivity index (χ2n) is 5.49. The van der Waals surface area contributed by atoms with E-state index in [1.54, 1.807) is 6.07 Å². The SMILES string of the molecule is C[C@@H]1CCCC[C@H]1NC(=O)COC(=O)c1ccccc1F. The molecule has 1 aliphatic carbocycles. The molecule has 0 unspecified atom stereocenters. The zero-order valence-corrected chi connectivity index (χ0v) is 12.1. The Morgan fingerprint density at radius 3 is 2.71 bits per heavy atom. The van der Waals surface area contributed by atoms with E-state index < -0.39 is 11.8 Å². The Labute approximate surface area is 123 Å². The van der Waals surface area contributed by atoms with Crippen molar-refractivity contribution < 1.29 is 18.7 Å². The van der Waals surface area contributed by atoms with E-state index in [0.29, 0.717) is 5.92 Å². The first kappa shape index (κ1) is 15.5. The van der Waals surface area contributed by atoms with E-state index in [-0.39, 0.29) is 24.1 Å². The van der Waals surface area contributed by atoms with Gasteiger partial charge in [0.2, 0.25) is 0 Å². The summed E-state index contributed by atoms with van der Waals surface area (Å²) in [6.45, 7) is 1.73. The lowest BCUT2D eigenvalue weighted by atomic mass is 9.86. The van der Waals surface area contributed by atoms with Crippen LogP contribution in [0.5, 0.6) is 0 Å². The fourth-order valence-electron chi connectivity index (χ4n) is 2.61. The number of halogens is 1. The molecule has 1 N–H and O–H groups in total. The molecule has 21 heavy (non-hydrogen) atoms. The summed E-state index contributed by atoms with van der Waals surface area (Å²) in [7, 11) is 0. The molecule has 0 heterocycles. The molecular weight excluding hydrogens is 273 g/mol. The van der Waals surface area contributed by atoms with Crippen molar-refractivity contribution in [2.45, 2.75) is 38.6 Å². The number of esters is 1. The molecule has 1 aromatic rings. The summed E-state index contributed by atoms with van der Waals surface area (Å²) in [6.07, 6.45) is 4.34. The van der Waals surface area contributed by atoms with Gasteiger partial charge < -0.3 is 10.1 Å². The maximum Gasteiger partial charge on any atom is 0.341 e. The van der Waals surface area contributed by atoms with Crippen LogP contribution in [0.15, 0.2) is 24.3 Å². The van der Waals surface area contributed by atoms with Crippen molar-refractivity contribution in [1.29, 1.82) is 0 Å². The van der Waals surface area contributed by atoms with Gasteiger partial charge in [-0.05, 0) is 30.9 Å². The molecule has 1 aromatic carbocycles. The Kier molecular flexibility index (Phi) is 5.31. The van der Waals surface area contributed by atoms with Crippen molar-refractivity contribution in [2.75, 3.05) is 6.61 Å². The number of rotatable bonds is 4. The van der Waals surface area contributed by atoms with E-state index in [9.17, 15) is 14.0 Å². The van der Waals surface area contributed by atoms with Gasteiger partial charge in [-0.15, -0.1) is 0 Å². The van der Waals surface area contributed by atoms with Crippen LogP contribution in [0.2, 0.25) is 0 Å². The topological polar surface area (TPSA) is 55.4 Å². The predicted octanol–water partition coefficient (Wildman–Crippen LogP) is 2.68. The van der Waals surface area contributed by atoms with Crippen LogP contribution in [0.4, 0.5) is 4.39 Å². The lowest BCUT2D eigenvalue weighted by Gasteiger charge is -2.29. The van der Waals surface area contributed by atoms with Gasteiger partial charge >= 0.3 is 5.97 Å². The van der Waals surface area contributed by atoms with Crippen molar-refractivity contribution in [1.82, 2.24) is 5.32 Å². The Hall–Kier alpha value is -1.91. The van der Waals surface area contributed by atoms with Crippen LogP contribution in [-0.4, -0.2) is 24.5 Å². The van der Waals surface area contributed by atoms with Crippen LogP contribution in [0.25, 0.3) is 0 Å². The van der Waals surface area contributed by atoms with Gasteiger partial charge in [0.25, 0.3) is 5.91 Å². The van der Waals surface area contributed by atoms with Gasteiger partial charge in [-0.1, -0.05) is 31.9 Å². The highest BCUT2D eigenvalue weighted by Crippen LogP contribution is 2.23. The molecule has 0 spiro atoms. The molecule has 0 aliphatic heterocycles. The first-order valence-electron chi connectivity index (χ1n) is 7.29. The van der Waals surface area contributed by atoms with Crippen molar-refractivity contribution in [3.05, 3.63) is 35.6 Å². The maximum absolute atomic E-state index is 13.4. The summed E-state index contributed by atoms with van der Waals surface area (Å²) in [4.78, 5) is 23.5. The first-order valence-corrected chi connectivity index (χ1v) is 7.29. The Morgan fingerprint density at radius 1 is 1.29 bits per heavy atom. The van der Waals surface area contributed by atoms with Crippen LogP contribution >= 0.6 is 0 Å². The average molecular weight is 293 g/mol. The molecule has 0 bridgehead atoms. The zero-order valence-electron chi connectivity index (χ0n) is 12.1. The molecule has 2 rings (SSSR count). The molecule has 0 aromatic heterocycles. The number of benzene rings is 1. The van der Waals surface area contributed by atoms with E-state index in [1.807, 2.05) is 0 Å². The van der Waals surface area contributed by atoms with E-state index >= 15 is 0 Å². The molecule has 0 radical (unpaired) electrons. The molecular formula is C16H20FNO3. The number of hydrogen-bond acceptors (Lipinski definition) is 3. The van der Waals surface area contributed by atoms with Gasteiger partial charge in [-0.2, -0.15) is 0 Å². The number of nitrogens with one attached hydrogen (secondary N) is 1. The monoisotopic (exact) mass is 293 g/mol. The summed E-state index contributed by atoms with van der Waals surface area (Å²) in [5, 5.41) is 2.88. The molecule has 1 aliphatic rings. The van der Waals surface area contributed by atoms with Crippen molar-refractivity contribution in [3.8, 4) is 0 Å². The van der Waals surface area contributed by atoms with Crippen LogP contribution in [0.1, 0.15) is 43.0 Å². The number of carbonyl (C=O) groups excluding carboxylic acids is 2. The zero-order chi connectivity index (χ0) is 15.2. The van der Waals surface area contributed by atoms with Gasteiger partial charge in [0, 0.05) is 6.04 Å². The summed E-state index contributed by atoms with van der Waals surface area (Å²) >= 11 is 0. The van der Waals surface area contributed by atoms with Gasteiger partial charge in [0.15, 0.2) is 6.61 Å². The summed E-state index contributed by atoms with van der Waals surface area (Å²) in [5.41, 5.74) is -0.156. The minimum atomic E-state index is -0.819. The van der Waals surface area contributed by atoms with E-state index in [0.717, 1.165) is 19.3 Å². The summed E-state index contributed by atoms with van der Waals surface area (Å²) < 4.78 is 18.2. The highest BCUT2D eigenvalue weighted by Gasteiger charge is 2.23. The summed E-state index contributed by atoms with van der Waals surface area (Å²) in [5.74, 6) is -1.37. The Morgan fingerprint density at radius 2 is 2.00 bits per heavy atom. The van der Waals surface area contributed by atoms with Crippen LogP contribution < -0.4 is 5.32 Å². The molecule has 2 atom stereocenters. The quantitative estimate of drug-likeness (QED) is 0.868. The smallest absolute Gasteiger partial charge is 0.341 e. The second kappa shape index (κ2) is 7.20. The Balaban J connectivity index is 1.81. The third-order valence-corrected chi connectivity index (χ3v) is 3.89. The number of amides is 1. The number of hydrogen-bond donors (Lipinski definition) is 1. The molecule has 114 valence electrons. The standard InChI is InChI=1S/C16H20FNO3/c1-11-6-2-5-9-14(11)18-15(19)10-21-16(20)12-7-3-4-8-13(12)17/h3-4,7-8,11,14H,2,5-6,9-10H2,1H3,(H,18,19)/t11-,14-/m1/s1. The maximum atomic E-state index is 13.4. The minimum absolute atomic E-state index is 0.137. The van der Waals surface area contributed by atoms with Gasteiger partial charge in [-0.3, -0.25) is 4.79 Å². The molecule has 4 nitrogen and oxygen atoms in total. The van der Waals surface area contributed by atoms with Gasteiger partial charge in [0.1, 0.15) is 5.82 Å². The molecule has 1 fully saturated rings. The third-order valence-electron chi connectivity index (χ3n) is 3.89. The third kappa shape index (κ3) is 4.28. The number of ether oxygens (including phenoxy) is 1. The normalized spacial score (nSPS) is 21.6. The Bertz CT molecular complexity index is 518. The minimum Gasteiger partial charge on any atom is -0.452 e. The van der Waals surface area contributed by atoms with Crippen molar-refractivity contribution >= 4 is 11.9 Å². The molecule has 1 amide bonds. The highest BCUT2D eigenvalue weighted by molar-refractivity contribution is 5.91. The van der Waals surface area contributed by atoms with Crippen LogP contribution in [0.3, 0.4) is 0 Å². The van der Waals surface area contributed by atoms with Crippen molar-refractivity contribution in [3.63, 3.8) is 0 Å². The van der Waals surface area contributed by atoms with Crippen LogP contribution in [0, 0.1) is 11.7 Å². The van der Waals surface area contributed by atoms with Gasteiger partial charge in [-0.25, -0.2) is 9.18 Å². The van der Waals surface area contributed by atoms with E-state index in [1.165, 1.54) is 24.6 Å². The highest BCUT2D eigenvalue weighted by atomic mass is 19.1. The second-order valence-corrected chi connectivity index (χ2v) is 5.49. The number of carbonyl (C=O) groups is 2. The van der Waals surface area contributed by atoms with Crippen molar-refractivity contribution in [2.24, 2.45) is 5.92 Å². The fraction of sp³-hybridized carbons (Fsp3) is 0.500. The van der Waals surface area contributed by atoms with Crippen LogP contribution in [-0.2, 0) is 9.53 Å². The predicted molar refractivity (Wildman–Crippen MR) is 76.2 cm³/mol. The van der Waals surface area contributed by atoms with E-state index in [2.05, 4.69) is 12.2 Å². The molecule has 1 saturated carbocycles. The molecule has 0 saturated heterocycles. The fourth-order valence-corrected chi connectivity index (χ4v) is 2.61. The lowest BCUT2D eigenvalue weighted by Crippen LogP contribution is -2.42. The van der Waals surface area contributed by atoms with E-state index in [4.69, 9.17) is 4.74 Å². The molecule has 5 heteroatoms. The largest absolute Gasteiger partial charge is 0.452 e.